The van der Waals surface area contributed by atoms with Gasteiger partial charge in [0, 0.05) is 101 Å². The lowest BCUT2D eigenvalue weighted by Gasteiger charge is -2.63. The van der Waals surface area contributed by atoms with Gasteiger partial charge in [-0.05, 0) is 92.4 Å². The highest BCUT2D eigenvalue weighted by Gasteiger charge is 2.80. The third-order valence-corrected chi connectivity index (χ3v) is 17.6. The predicted octanol–water partition coefficient (Wildman–Crippen LogP) is 6.19. The Labute approximate surface area is 405 Å². The molecule has 10 atom stereocenters. The Morgan fingerprint density at radius 1 is 0.926 bits per heavy atom. The molecule has 3 aromatic carbocycles. The molecule has 3 N–H and O–H groups in total. The minimum Gasteiger partial charge on any atom is -0.496 e. The van der Waals surface area contributed by atoms with Gasteiger partial charge in [0.15, 0.2) is 6.10 Å². The number of para-hydroxylation sites is 1. The number of piperidine rings is 1. The second-order valence-electron chi connectivity index (χ2n) is 20.2. The van der Waals surface area contributed by atoms with Crippen molar-refractivity contribution in [3.63, 3.8) is 0 Å². The topological polar surface area (TPSA) is 163 Å². The summed E-state index contributed by atoms with van der Waals surface area (Å²) < 4.78 is 25.1. The molecule has 1 saturated carbocycles. The molecular weight excluding hydrogens is 931 g/mol. The second-order valence-corrected chi connectivity index (χ2v) is 21.1. The molecule has 15 heteroatoms. The molecule has 3 fully saturated rings. The molecule has 1 aliphatic carbocycles. The maximum Gasteiger partial charge on any atom is 0.344 e. The number of esters is 3. The van der Waals surface area contributed by atoms with E-state index in [0.29, 0.717) is 88.1 Å². The third-order valence-electron chi connectivity index (χ3n) is 17.1. The van der Waals surface area contributed by atoms with Crippen LogP contribution in [0.5, 0.6) is 5.75 Å². The van der Waals surface area contributed by atoms with E-state index in [1.54, 1.807) is 7.11 Å². The highest BCUT2D eigenvalue weighted by Crippen LogP contribution is 2.68. The van der Waals surface area contributed by atoms with E-state index in [4.69, 9.17) is 18.9 Å². The largest absolute Gasteiger partial charge is 0.496 e. The standard InChI is InChI=1S/C53H62BrN5O9/c1-8-49(56-43(61)33-14-12-15-34(54)24-33)27-32-28-52(47(62)66-6,42-36(18-22-58(29-32)30-49)35-16-10-11-17-39(35)55-42)38-25-37-40(26-41(38)65-5)57(4)45-51(37)20-23-59-21-13-19-50(9-2,44(51)59)46(68-31(3)60)53(45,64)48(63)67-7/h10-17,19,24-26,32,44-46,55,64H,8-9,18,20-23,27-30H2,1-7H3,(H,56,61)/t32-,44+,45-,46-,49+,50-,51-,52+,53+/m1/s1. The number of rotatable bonds is 9. The number of methoxy groups -OCH3 is 3. The van der Waals surface area contributed by atoms with Crippen LogP contribution in [-0.4, -0.2) is 134 Å². The lowest BCUT2D eigenvalue weighted by molar-refractivity contribution is -0.228. The van der Waals surface area contributed by atoms with Gasteiger partial charge in [0.1, 0.15) is 11.2 Å². The van der Waals surface area contributed by atoms with Gasteiger partial charge in [0.2, 0.25) is 5.60 Å². The number of halogens is 1. The van der Waals surface area contributed by atoms with E-state index in [1.807, 2.05) is 67.4 Å². The van der Waals surface area contributed by atoms with Gasteiger partial charge >= 0.3 is 17.9 Å². The highest BCUT2D eigenvalue weighted by atomic mass is 79.9. The molecule has 1 amide bonds. The number of carbonyl (C=O) groups excluding carboxylic acids is 4. The quantitative estimate of drug-likeness (QED) is 0.0993. The fourth-order valence-corrected chi connectivity index (χ4v) is 15.1. The van der Waals surface area contributed by atoms with Crippen LogP contribution < -0.4 is 15.0 Å². The van der Waals surface area contributed by atoms with Crippen LogP contribution in [0, 0.1) is 11.3 Å². The number of aromatic amines is 1. The van der Waals surface area contributed by atoms with Gasteiger partial charge in [-0.15, -0.1) is 0 Å². The van der Waals surface area contributed by atoms with Crippen molar-refractivity contribution in [3.8, 4) is 5.75 Å². The zero-order valence-electron chi connectivity index (χ0n) is 39.9. The fourth-order valence-electron chi connectivity index (χ4n) is 14.7. The van der Waals surface area contributed by atoms with Crippen molar-refractivity contribution in [3.05, 3.63) is 105 Å². The van der Waals surface area contributed by atoms with E-state index >= 15 is 4.79 Å². The number of hydrogen-bond acceptors (Lipinski definition) is 12. The van der Waals surface area contributed by atoms with E-state index in [2.05, 4.69) is 67.2 Å². The first-order chi connectivity index (χ1) is 32.6. The molecule has 6 aliphatic rings. The van der Waals surface area contributed by atoms with Gasteiger partial charge in [0.05, 0.1) is 32.9 Å². The Morgan fingerprint density at radius 2 is 1.71 bits per heavy atom. The number of aliphatic hydroxyl groups is 1. The molecule has 10 rings (SSSR count). The number of benzene rings is 3. The summed E-state index contributed by atoms with van der Waals surface area (Å²) in [5.41, 5.74) is -0.991. The van der Waals surface area contributed by atoms with Crippen molar-refractivity contribution in [2.24, 2.45) is 11.3 Å². The third kappa shape index (κ3) is 6.43. The summed E-state index contributed by atoms with van der Waals surface area (Å²) in [6.07, 6.45) is 6.00. The second kappa shape index (κ2) is 16.7. The summed E-state index contributed by atoms with van der Waals surface area (Å²) in [5, 5.41) is 18.0. The normalized spacial score (nSPS) is 33.5. The summed E-state index contributed by atoms with van der Waals surface area (Å²) in [5.74, 6) is -1.80. The molecule has 0 radical (unpaired) electrons. The molecule has 1 aromatic heterocycles. The summed E-state index contributed by atoms with van der Waals surface area (Å²) in [4.78, 5) is 68.1. The molecular formula is C53H62BrN5O9. The first kappa shape index (κ1) is 46.5. The summed E-state index contributed by atoms with van der Waals surface area (Å²) in [6, 6.07) is 18.3. The van der Waals surface area contributed by atoms with E-state index in [1.165, 1.54) is 21.1 Å². The van der Waals surface area contributed by atoms with Crippen molar-refractivity contribution in [1.82, 2.24) is 20.1 Å². The smallest absolute Gasteiger partial charge is 0.344 e. The van der Waals surface area contributed by atoms with E-state index in [-0.39, 0.29) is 17.9 Å². The van der Waals surface area contributed by atoms with Crippen LogP contribution in [-0.2, 0) is 45.8 Å². The maximum absolute atomic E-state index is 15.7. The number of anilines is 1. The first-order valence-electron chi connectivity index (χ1n) is 24.0. The zero-order valence-corrected chi connectivity index (χ0v) is 41.5. The molecule has 2 saturated heterocycles. The highest BCUT2D eigenvalue weighted by molar-refractivity contribution is 9.10. The SMILES string of the molecule is CC[C@]1(NC(=O)c2cccc(Br)c2)C[C@H]2CN(CCc3c([nH]c4ccccc34)[C@@](C(=O)OC)(c3cc4c(cc3OC)N(C)[C@H]3[C@@](O)(C(=O)OC)[C@H](OC(C)=O)[C@]5(CC)C=CCN6CC[C@]43[C@@H]65)C2)C1. The van der Waals surface area contributed by atoms with Crippen LogP contribution in [0.3, 0.4) is 0 Å². The Balaban J connectivity index is 1.22. The average Bonchev–Trinajstić information content (AvgIpc) is 4.00. The molecule has 6 heterocycles. The molecule has 2 bridgehead atoms. The van der Waals surface area contributed by atoms with Gasteiger partial charge in [-0.25, -0.2) is 4.79 Å². The summed E-state index contributed by atoms with van der Waals surface area (Å²) in [6.45, 7) is 8.73. The van der Waals surface area contributed by atoms with Crippen LogP contribution >= 0.6 is 15.9 Å². The zero-order chi connectivity index (χ0) is 48.1. The number of nitrogens with one attached hydrogen (secondary N) is 2. The summed E-state index contributed by atoms with van der Waals surface area (Å²) >= 11 is 3.54. The lowest BCUT2D eigenvalue weighted by atomic mass is 9.47. The number of hydrogen-bond donors (Lipinski definition) is 3. The molecule has 4 aromatic rings. The van der Waals surface area contributed by atoms with E-state index < -0.39 is 57.4 Å². The number of nitrogens with zero attached hydrogens (tertiary/aromatic N) is 3. The Kier molecular flexibility index (Phi) is 11.4. The monoisotopic (exact) mass is 991 g/mol. The van der Waals surface area contributed by atoms with E-state index in [9.17, 15) is 19.5 Å². The van der Waals surface area contributed by atoms with Crippen molar-refractivity contribution in [2.45, 2.75) is 99.5 Å². The van der Waals surface area contributed by atoms with E-state index in [0.717, 1.165) is 37.9 Å². The van der Waals surface area contributed by atoms with Gasteiger partial charge in [-0.1, -0.05) is 66.2 Å². The Bertz CT molecular complexity index is 2760. The van der Waals surface area contributed by atoms with Crippen LogP contribution in [0.2, 0.25) is 0 Å². The number of carbonyl (C=O) groups is 4. The molecule has 68 heavy (non-hydrogen) atoms. The molecule has 14 nitrogen and oxygen atoms in total. The van der Waals surface area contributed by atoms with Gasteiger partial charge < -0.3 is 44.2 Å². The Morgan fingerprint density at radius 3 is 2.41 bits per heavy atom. The molecule has 360 valence electrons. The molecule has 1 spiro atoms. The van der Waals surface area contributed by atoms with Crippen LogP contribution in [0.15, 0.2) is 77.3 Å². The van der Waals surface area contributed by atoms with Crippen LogP contribution in [0.1, 0.15) is 85.6 Å². The average molecular weight is 993 g/mol. The number of H-pyrrole nitrogens is 1. The minimum absolute atomic E-state index is 0.128. The van der Waals surface area contributed by atoms with Crippen LogP contribution in [0.4, 0.5) is 5.69 Å². The number of likely N-dealkylation sites (N-methyl/N-ethyl adjacent to an activating group) is 1. The van der Waals surface area contributed by atoms with Crippen molar-refractivity contribution in [1.29, 1.82) is 0 Å². The maximum atomic E-state index is 15.7. The van der Waals surface area contributed by atoms with Crippen LogP contribution in [0.25, 0.3) is 10.9 Å². The minimum atomic E-state index is -2.33. The molecule has 5 aliphatic heterocycles. The van der Waals surface area contributed by atoms with Crippen molar-refractivity contribution >= 4 is 56.3 Å². The predicted molar refractivity (Wildman–Crippen MR) is 260 cm³/mol. The number of fused-ring (bicyclic) bond motifs is 6. The Hall–Kier alpha value is -5.22. The summed E-state index contributed by atoms with van der Waals surface area (Å²) in [7, 11) is 6.16. The lowest BCUT2D eigenvalue weighted by Crippen LogP contribution is -2.81. The van der Waals surface area contributed by atoms with Gasteiger partial charge in [-0.2, -0.15) is 0 Å². The van der Waals surface area contributed by atoms with Crippen molar-refractivity contribution < 1.29 is 43.2 Å². The number of amides is 1. The number of ether oxygens (including phenoxy) is 4. The fraction of sp³-hybridized carbons (Fsp3) is 0.509. The first-order valence-corrected chi connectivity index (χ1v) is 24.7. The molecule has 1 unspecified atom stereocenters. The van der Waals surface area contributed by atoms with Gasteiger partial charge in [-0.3, -0.25) is 19.3 Å². The number of aromatic nitrogens is 1. The van der Waals surface area contributed by atoms with Gasteiger partial charge in [0.25, 0.3) is 5.91 Å². The van der Waals surface area contributed by atoms with Crippen molar-refractivity contribution in [2.75, 3.05) is 66.0 Å².